The second-order valence-corrected chi connectivity index (χ2v) is 6.93. The smallest absolute Gasteiger partial charge is 0.311 e. The predicted molar refractivity (Wildman–Crippen MR) is 113 cm³/mol. The fourth-order valence-electron chi connectivity index (χ4n) is 3.09. The lowest BCUT2D eigenvalue weighted by Crippen LogP contribution is -2.43. The van der Waals surface area contributed by atoms with E-state index in [1.54, 1.807) is 48.5 Å². The first-order valence-electron chi connectivity index (χ1n) is 9.76. The van der Waals surface area contributed by atoms with Gasteiger partial charge in [-0.2, -0.15) is 0 Å². The number of anilines is 1. The molecule has 10 heteroatoms. The minimum atomic E-state index is -0.790. The van der Waals surface area contributed by atoms with E-state index in [1.807, 2.05) is 0 Å². The van der Waals surface area contributed by atoms with Crippen molar-refractivity contribution in [2.24, 2.45) is 5.92 Å². The third-order valence-electron chi connectivity index (χ3n) is 4.76. The number of hydrogen-bond acceptors (Lipinski definition) is 7. The molecule has 0 spiro atoms. The largest absolute Gasteiger partial charge is 0.497 e. The van der Waals surface area contributed by atoms with Crippen LogP contribution >= 0.6 is 0 Å². The van der Waals surface area contributed by atoms with Gasteiger partial charge < -0.3 is 19.5 Å². The molecular weight excluding hydrogens is 418 g/mol. The molecule has 0 radical (unpaired) electrons. The average Bonchev–Trinajstić information content (AvgIpc) is 3.18. The van der Waals surface area contributed by atoms with Gasteiger partial charge in [0.2, 0.25) is 5.91 Å². The number of nitrogens with one attached hydrogen (secondary N) is 2. The highest BCUT2D eigenvalue weighted by atomic mass is 16.5. The Balaban J connectivity index is 1.49. The summed E-state index contributed by atoms with van der Waals surface area (Å²) in [5.41, 5.74) is 3.26. The van der Waals surface area contributed by atoms with E-state index in [-0.39, 0.29) is 13.0 Å². The van der Waals surface area contributed by atoms with Crippen LogP contribution in [-0.2, 0) is 19.1 Å². The molecule has 2 aromatic rings. The Bertz CT molecular complexity index is 1010. The minimum absolute atomic E-state index is 0.0375. The molecule has 2 N–H and O–H groups in total. The molecule has 1 atom stereocenters. The summed E-state index contributed by atoms with van der Waals surface area (Å²) in [7, 11) is 2.96. The summed E-state index contributed by atoms with van der Waals surface area (Å²) in [6, 6.07) is 13.2. The number of nitrogens with zero attached hydrogens (tertiary/aromatic N) is 1. The topological polar surface area (TPSA) is 123 Å². The monoisotopic (exact) mass is 441 g/mol. The summed E-state index contributed by atoms with van der Waals surface area (Å²) < 4.78 is 15.4. The van der Waals surface area contributed by atoms with Gasteiger partial charge in [-0.3, -0.25) is 29.6 Å². The first-order valence-corrected chi connectivity index (χ1v) is 9.76. The van der Waals surface area contributed by atoms with Crippen molar-refractivity contribution < 1.29 is 33.4 Å². The van der Waals surface area contributed by atoms with E-state index in [9.17, 15) is 19.2 Å². The van der Waals surface area contributed by atoms with Crippen LogP contribution in [0.1, 0.15) is 16.8 Å². The molecule has 0 bridgehead atoms. The van der Waals surface area contributed by atoms with Gasteiger partial charge in [0, 0.05) is 18.1 Å². The fourth-order valence-corrected chi connectivity index (χ4v) is 3.09. The quantitative estimate of drug-likeness (QED) is 0.593. The molecule has 1 heterocycles. The molecular formula is C22H23N3O7. The average molecular weight is 441 g/mol. The first kappa shape index (κ1) is 22.6. The summed E-state index contributed by atoms with van der Waals surface area (Å²) in [6.07, 6.45) is -0.123. The molecule has 10 nitrogen and oxygen atoms in total. The van der Waals surface area contributed by atoms with Crippen molar-refractivity contribution in [2.75, 3.05) is 32.7 Å². The number of carbonyl (C=O) groups excluding carboxylic acids is 4. The summed E-state index contributed by atoms with van der Waals surface area (Å²) in [5, 5.41) is 3.68. The molecule has 2 aromatic carbocycles. The standard InChI is InChI=1S/C22H23N3O7/c1-30-16-8-9-17(18(11-16)31-2)23-19(26)13-32-22(29)15-10-20(27)25(12-15)24-21(28)14-6-4-3-5-7-14/h3-9,11,15H,10,12-13H2,1-2H3,(H,23,26)(H,24,28)/t15-/m0/s1. The van der Waals surface area contributed by atoms with Crippen molar-refractivity contribution in [2.45, 2.75) is 6.42 Å². The molecule has 0 aromatic heterocycles. The number of esters is 1. The number of rotatable bonds is 8. The van der Waals surface area contributed by atoms with Crippen LogP contribution in [0.15, 0.2) is 48.5 Å². The van der Waals surface area contributed by atoms with Gasteiger partial charge in [-0.25, -0.2) is 0 Å². The lowest BCUT2D eigenvalue weighted by Gasteiger charge is -2.17. The molecule has 32 heavy (non-hydrogen) atoms. The van der Waals surface area contributed by atoms with Crippen LogP contribution in [0.3, 0.4) is 0 Å². The molecule has 0 aliphatic carbocycles. The van der Waals surface area contributed by atoms with Crippen LogP contribution < -0.4 is 20.2 Å². The number of hydrogen-bond donors (Lipinski definition) is 2. The lowest BCUT2D eigenvalue weighted by atomic mass is 10.1. The van der Waals surface area contributed by atoms with Crippen LogP contribution in [0.4, 0.5) is 5.69 Å². The number of methoxy groups -OCH3 is 2. The SMILES string of the molecule is COc1ccc(NC(=O)COC(=O)[C@H]2CC(=O)N(NC(=O)c3ccccc3)C2)c(OC)c1. The van der Waals surface area contributed by atoms with Crippen molar-refractivity contribution in [3.05, 3.63) is 54.1 Å². The molecule has 1 saturated heterocycles. The van der Waals surface area contributed by atoms with Crippen LogP contribution in [0.25, 0.3) is 0 Å². The number of carbonyl (C=O) groups is 4. The third kappa shape index (κ3) is 5.54. The Hall–Kier alpha value is -4.08. The van der Waals surface area contributed by atoms with Gasteiger partial charge in [0.25, 0.3) is 11.8 Å². The van der Waals surface area contributed by atoms with E-state index in [0.29, 0.717) is 22.7 Å². The molecule has 1 fully saturated rings. The maximum atomic E-state index is 12.3. The summed E-state index contributed by atoms with van der Waals surface area (Å²) in [4.78, 5) is 48.9. The highest BCUT2D eigenvalue weighted by Crippen LogP contribution is 2.29. The Morgan fingerprint density at radius 3 is 2.50 bits per heavy atom. The zero-order valence-electron chi connectivity index (χ0n) is 17.6. The van der Waals surface area contributed by atoms with Crippen LogP contribution in [0, 0.1) is 5.92 Å². The van der Waals surface area contributed by atoms with Gasteiger partial charge >= 0.3 is 5.97 Å². The zero-order valence-corrected chi connectivity index (χ0v) is 17.6. The van der Waals surface area contributed by atoms with Crippen LogP contribution in [0.5, 0.6) is 11.5 Å². The summed E-state index contributed by atoms with van der Waals surface area (Å²) in [5.74, 6) is -1.99. The maximum absolute atomic E-state index is 12.3. The van der Waals surface area contributed by atoms with Gasteiger partial charge in [-0.1, -0.05) is 18.2 Å². The van der Waals surface area contributed by atoms with Crippen molar-refractivity contribution in [1.82, 2.24) is 10.4 Å². The Morgan fingerprint density at radius 1 is 1.06 bits per heavy atom. The van der Waals surface area contributed by atoms with Gasteiger partial charge in [-0.05, 0) is 24.3 Å². The maximum Gasteiger partial charge on any atom is 0.311 e. The third-order valence-corrected chi connectivity index (χ3v) is 4.76. The highest BCUT2D eigenvalue weighted by molar-refractivity contribution is 5.97. The van der Waals surface area contributed by atoms with Crippen LogP contribution in [0.2, 0.25) is 0 Å². The predicted octanol–water partition coefficient (Wildman–Crippen LogP) is 1.38. The molecule has 0 saturated carbocycles. The molecule has 3 amide bonds. The second kappa shape index (κ2) is 10.3. The molecule has 1 aliphatic rings. The van der Waals surface area contributed by atoms with Gasteiger partial charge in [0.15, 0.2) is 6.61 Å². The number of hydrazine groups is 1. The zero-order chi connectivity index (χ0) is 23.1. The van der Waals surface area contributed by atoms with E-state index in [1.165, 1.54) is 14.2 Å². The van der Waals surface area contributed by atoms with Gasteiger partial charge in [0.1, 0.15) is 11.5 Å². The van der Waals surface area contributed by atoms with E-state index in [2.05, 4.69) is 10.7 Å². The molecule has 1 aliphatic heterocycles. The summed E-state index contributed by atoms with van der Waals surface area (Å²) >= 11 is 0. The molecule has 168 valence electrons. The Morgan fingerprint density at radius 2 is 1.81 bits per heavy atom. The van der Waals surface area contributed by atoms with Crippen molar-refractivity contribution in [3.63, 3.8) is 0 Å². The normalized spacial score (nSPS) is 15.1. The number of amides is 3. The van der Waals surface area contributed by atoms with Crippen molar-refractivity contribution in [1.29, 1.82) is 0 Å². The van der Waals surface area contributed by atoms with Crippen molar-refractivity contribution >= 4 is 29.4 Å². The van der Waals surface area contributed by atoms with E-state index in [4.69, 9.17) is 14.2 Å². The summed E-state index contributed by atoms with van der Waals surface area (Å²) in [6.45, 7) is -0.570. The van der Waals surface area contributed by atoms with Gasteiger partial charge in [-0.15, -0.1) is 0 Å². The number of benzene rings is 2. The van der Waals surface area contributed by atoms with E-state index >= 15 is 0 Å². The van der Waals surface area contributed by atoms with Crippen LogP contribution in [-0.4, -0.2) is 56.1 Å². The highest BCUT2D eigenvalue weighted by Gasteiger charge is 2.36. The Kier molecular flexibility index (Phi) is 7.27. The first-order chi connectivity index (χ1) is 15.4. The van der Waals surface area contributed by atoms with E-state index in [0.717, 1.165) is 5.01 Å². The van der Waals surface area contributed by atoms with Gasteiger partial charge in [0.05, 0.1) is 32.4 Å². The molecule has 3 rings (SSSR count). The Labute approximate surface area is 184 Å². The molecule has 0 unspecified atom stereocenters. The fraction of sp³-hybridized carbons (Fsp3) is 0.273. The minimum Gasteiger partial charge on any atom is -0.497 e. The lowest BCUT2D eigenvalue weighted by molar-refractivity contribution is -0.151. The number of ether oxygens (including phenoxy) is 3. The van der Waals surface area contributed by atoms with Crippen molar-refractivity contribution in [3.8, 4) is 11.5 Å². The second-order valence-electron chi connectivity index (χ2n) is 6.93. The van der Waals surface area contributed by atoms with E-state index < -0.39 is 36.2 Å².